The average Bonchev–Trinajstić information content (AvgIpc) is 3.28. The number of rotatable bonds is 7. The van der Waals surface area contributed by atoms with Gasteiger partial charge in [0.15, 0.2) is 6.61 Å². The molecule has 4 saturated carbocycles. The van der Waals surface area contributed by atoms with E-state index in [4.69, 9.17) is 9.47 Å². The minimum Gasteiger partial charge on any atom is -0.497 e. The number of hydrogen-bond donors (Lipinski definition) is 1. The summed E-state index contributed by atoms with van der Waals surface area (Å²) in [4.78, 5) is 26.5. The molecule has 2 unspecified atom stereocenters. The van der Waals surface area contributed by atoms with Crippen LogP contribution in [-0.2, 0) is 26.3 Å². The predicted octanol–water partition coefficient (Wildman–Crippen LogP) is 4.59. The van der Waals surface area contributed by atoms with E-state index in [1.807, 2.05) is 23.6 Å². The lowest BCUT2D eigenvalue weighted by Crippen LogP contribution is -2.57. The molecule has 4 fully saturated rings. The molecule has 4 atom stereocenters. The van der Waals surface area contributed by atoms with Crippen LogP contribution in [-0.4, -0.2) is 25.6 Å². The van der Waals surface area contributed by atoms with Gasteiger partial charge in [-0.3, -0.25) is 9.59 Å². The van der Waals surface area contributed by atoms with Gasteiger partial charge in [-0.1, -0.05) is 12.1 Å². The van der Waals surface area contributed by atoms with Crippen molar-refractivity contribution in [1.82, 2.24) is 5.32 Å². The lowest BCUT2D eigenvalue weighted by Gasteiger charge is -2.61. The van der Waals surface area contributed by atoms with Crippen molar-refractivity contribution in [3.05, 3.63) is 52.0 Å². The van der Waals surface area contributed by atoms with E-state index in [1.54, 1.807) is 17.4 Å². The molecular formula is C25H28FNO4S. The van der Waals surface area contributed by atoms with Gasteiger partial charge in [-0.15, -0.1) is 11.3 Å². The third kappa shape index (κ3) is 3.81. The molecule has 4 aliphatic carbocycles. The zero-order valence-electron chi connectivity index (χ0n) is 18.2. The molecule has 1 aromatic heterocycles. The predicted molar refractivity (Wildman–Crippen MR) is 119 cm³/mol. The third-order valence-corrected chi connectivity index (χ3v) is 8.49. The molecule has 32 heavy (non-hydrogen) atoms. The highest BCUT2D eigenvalue weighted by Gasteiger charge is 2.62. The molecule has 4 bridgehead atoms. The normalized spacial score (nSPS) is 30.2. The largest absolute Gasteiger partial charge is 0.497 e. The van der Waals surface area contributed by atoms with Crippen LogP contribution in [0.2, 0.25) is 0 Å². The maximum atomic E-state index is 15.1. The Hall–Kier alpha value is -2.41. The minimum absolute atomic E-state index is 0.261. The van der Waals surface area contributed by atoms with E-state index in [0.717, 1.165) is 37.0 Å². The zero-order chi connectivity index (χ0) is 22.3. The lowest BCUT2D eigenvalue weighted by molar-refractivity contribution is -0.175. The summed E-state index contributed by atoms with van der Waals surface area (Å²) < 4.78 is 25.8. The highest BCUT2D eigenvalue weighted by Crippen LogP contribution is 2.66. The van der Waals surface area contributed by atoms with Gasteiger partial charge in [-0.25, -0.2) is 4.39 Å². The maximum absolute atomic E-state index is 15.1. The number of ether oxygens (including phenoxy) is 2. The first-order valence-electron chi connectivity index (χ1n) is 11.2. The Morgan fingerprint density at radius 3 is 2.62 bits per heavy atom. The van der Waals surface area contributed by atoms with E-state index >= 15 is 4.39 Å². The monoisotopic (exact) mass is 457 g/mol. The lowest BCUT2D eigenvalue weighted by atomic mass is 9.43. The van der Waals surface area contributed by atoms with Gasteiger partial charge < -0.3 is 14.8 Å². The third-order valence-electron chi connectivity index (χ3n) is 7.62. The Kier molecular flexibility index (Phi) is 5.48. The highest BCUT2D eigenvalue weighted by atomic mass is 32.1. The molecule has 0 saturated heterocycles. The number of halogens is 1. The topological polar surface area (TPSA) is 64.6 Å². The van der Waals surface area contributed by atoms with E-state index in [0.29, 0.717) is 36.1 Å². The first-order valence-corrected chi connectivity index (χ1v) is 12.1. The number of nitrogens with one attached hydrogen (secondary N) is 1. The van der Waals surface area contributed by atoms with Crippen molar-refractivity contribution in [3.63, 3.8) is 0 Å². The van der Waals surface area contributed by atoms with Gasteiger partial charge in [-0.05, 0) is 78.9 Å². The molecule has 4 aliphatic rings. The van der Waals surface area contributed by atoms with Crippen molar-refractivity contribution in [2.45, 2.75) is 50.5 Å². The number of methoxy groups -OCH3 is 1. The van der Waals surface area contributed by atoms with Gasteiger partial charge in [0.05, 0.1) is 19.1 Å². The summed E-state index contributed by atoms with van der Waals surface area (Å²) in [7, 11) is 1.53. The molecule has 0 spiro atoms. The van der Waals surface area contributed by atoms with Crippen LogP contribution in [0.3, 0.4) is 0 Å². The molecule has 170 valence electrons. The number of hydrogen-bond acceptors (Lipinski definition) is 5. The first kappa shape index (κ1) is 21.4. The van der Waals surface area contributed by atoms with Crippen LogP contribution < -0.4 is 10.1 Å². The summed E-state index contributed by atoms with van der Waals surface area (Å²) >= 11 is 1.57. The number of thiophene rings is 1. The Bertz CT molecular complexity index is 1010. The van der Waals surface area contributed by atoms with Crippen molar-refractivity contribution in [3.8, 4) is 5.75 Å². The molecule has 0 radical (unpaired) electrons. The Morgan fingerprint density at radius 2 is 1.97 bits per heavy atom. The summed E-state index contributed by atoms with van der Waals surface area (Å²) in [6.07, 6.45) is 5.05. The quantitative estimate of drug-likeness (QED) is 0.618. The van der Waals surface area contributed by atoms with Crippen LogP contribution in [0.25, 0.3) is 0 Å². The van der Waals surface area contributed by atoms with Crippen molar-refractivity contribution in [2.24, 2.45) is 17.3 Å². The van der Waals surface area contributed by atoms with E-state index in [9.17, 15) is 9.59 Å². The molecule has 2 aromatic rings. The molecule has 1 amide bonds. The fourth-order valence-corrected chi connectivity index (χ4v) is 7.45. The summed E-state index contributed by atoms with van der Waals surface area (Å²) in [6, 6.07) is 8.96. The van der Waals surface area contributed by atoms with Crippen LogP contribution in [0.4, 0.5) is 4.39 Å². The Balaban J connectivity index is 1.30. The van der Waals surface area contributed by atoms with Crippen molar-refractivity contribution in [2.75, 3.05) is 13.7 Å². The second kappa shape index (κ2) is 8.18. The zero-order valence-corrected chi connectivity index (χ0v) is 19.0. The Morgan fingerprint density at radius 1 is 1.19 bits per heavy atom. The van der Waals surface area contributed by atoms with Crippen LogP contribution in [0.5, 0.6) is 5.75 Å². The van der Waals surface area contributed by atoms with E-state index < -0.39 is 5.41 Å². The van der Waals surface area contributed by atoms with Gasteiger partial charge in [0.1, 0.15) is 11.6 Å². The van der Waals surface area contributed by atoms with Crippen molar-refractivity contribution in [1.29, 1.82) is 0 Å². The van der Waals surface area contributed by atoms with Gasteiger partial charge >= 0.3 is 5.97 Å². The van der Waals surface area contributed by atoms with Crippen LogP contribution in [0.1, 0.15) is 49.0 Å². The summed E-state index contributed by atoms with van der Waals surface area (Å²) in [5, 5.41) is 4.75. The number of esters is 1. The number of amides is 1. The molecule has 1 heterocycles. The van der Waals surface area contributed by atoms with E-state index in [-0.39, 0.29) is 29.7 Å². The molecule has 7 heteroatoms. The van der Waals surface area contributed by atoms with E-state index in [1.165, 1.54) is 13.2 Å². The van der Waals surface area contributed by atoms with Crippen LogP contribution >= 0.6 is 11.3 Å². The number of carbonyl (C=O) groups excluding carboxylic acids is 2. The average molecular weight is 458 g/mol. The summed E-state index contributed by atoms with van der Waals surface area (Å²) in [5.74, 6) is 0.418. The van der Waals surface area contributed by atoms with Gasteiger partial charge in [0.25, 0.3) is 5.91 Å². The summed E-state index contributed by atoms with van der Waals surface area (Å²) in [6.45, 7) is 0.161. The maximum Gasteiger partial charge on any atom is 0.312 e. The van der Waals surface area contributed by atoms with Crippen molar-refractivity contribution < 1.29 is 23.5 Å². The summed E-state index contributed by atoms with van der Waals surface area (Å²) in [5.41, 5.74) is -0.274. The highest BCUT2D eigenvalue weighted by molar-refractivity contribution is 7.09. The van der Waals surface area contributed by atoms with Gasteiger partial charge in [0, 0.05) is 10.9 Å². The van der Waals surface area contributed by atoms with Crippen LogP contribution in [0.15, 0.2) is 35.7 Å². The molecular weight excluding hydrogens is 429 g/mol. The van der Waals surface area contributed by atoms with Gasteiger partial charge in [-0.2, -0.15) is 0 Å². The molecule has 6 rings (SSSR count). The standard InChI is InChI=1S/C25H28FNO4S/c1-30-18-4-5-20(21(26)8-18)24-9-16-7-17(10-24)12-25(11-16,15-24)23(29)31-14-22(28)27-13-19-3-2-6-32-19/h2-6,8,16-17H,7,9-15H2,1H3,(H,27,28)/t16-,17+,24?,25?. The Labute approximate surface area is 191 Å². The molecule has 5 nitrogen and oxygen atoms in total. The fraction of sp³-hybridized carbons (Fsp3) is 0.520. The second-order valence-electron chi connectivity index (χ2n) is 9.80. The van der Waals surface area contributed by atoms with Gasteiger partial charge in [0.2, 0.25) is 0 Å². The molecule has 1 aromatic carbocycles. The first-order chi connectivity index (χ1) is 15.4. The van der Waals surface area contributed by atoms with Crippen molar-refractivity contribution >= 4 is 23.2 Å². The molecule has 0 aliphatic heterocycles. The number of carbonyl (C=O) groups is 2. The van der Waals surface area contributed by atoms with Crippen LogP contribution in [0, 0.1) is 23.1 Å². The second-order valence-corrected chi connectivity index (χ2v) is 10.8. The molecule has 1 N–H and O–H groups in total. The number of benzene rings is 1. The SMILES string of the molecule is COc1ccc(C23C[C@@H]4C[C@@H](CC(C(=O)OCC(=O)NCc5cccs5)(C4)C2)C3)c(F)c1. The van der Waals surface area contributed by atoms with E-state index in [2.05, 4.69) is 5.32 Å². The fourth-order valence-electron chi connectivity index (χ4n) is 6.80. The minimum atomic E-state index is -0.621. The smallest absolute Gasteiger partial charge is 0.312 e.